The molecule has 0 bridgehead atoms. The van der Waals surface area contributed by atoms with Gasteiger partial charge in [-0.15, -0.1) is 0 Å². The fraction of sp³-hybridized carbons (Fsp3) is 1.00. The van der Waals surface area contributed by atoms with Gasteiger partial charge in [0.1, 0.15) is 0 Å². The van der Waals surface area contributed by atoms with Crippen LogP contribution in [0.25, 0.3) is 0 Å². The fourth-order valence-electron chi connectivity index (χ4n) is 1.80. The van der Waals surface area contributed by atoms with Gasteiger partial charge in [0.05, 0.1) is 6.54 Å². The van der Waals surface area contributed by atoms with Gasteiger partial charge < -0.3 is 10.8 Å². The second-order valence-corrected chi connectivity index (χ2v) is 3.91. The Bertz CT molecular complexity index is 198. The lowest BCUT2D eigenvalue weighted by atomic mass is 9.96. The van der Waals surface area contributed by atoms with E-state index in [-0.39, 0.29) is 13.2 Å². The molecule has 1 aliphatic rings. The summed E-state index contributed by atoms with van der Waals surface area (Å²) in [6, 6.07) is 0. The largest absolute Gasteiger partial charge is 0.401 e. The molecule has 0 aliphatic carbocycles. The average molecular weight is 212 g/mol. The Morgan fingerprint density at radius 3 is 2.57 bits per heavy atom. The standard InChI is InChI=1S/C8H15F3N2O/c9-8(10,11)6-13-3-1-7(12,5-13)2-4-14/h14H,1-6,12H2. The van der Waals surface area contributed by atoms with Crippen LogP contribution < -0.4 is 5.73 Å². The van der Waals surface area contributed by atoms with Crippen molar-refractivity contribution in [3.63, 3.8) is 0 Å². The molecule has 3 N–H and O–H groups in total. The van der Waals surface area contributed by atoms with E-state index >= 15 is 0 Å². The zero-order valence-corrected chi connectivity index (χ0v) is 7.85. The van der Waals surface area contributed by atoms with E-state index in [1.165, 1.54) is 4.90 Å². The number of nitrogens with two attached hydrogens (primary N) is 1. The van der Waals surface area contributed by atoms with Gasteiger partial charge in [-0.05, 0) is 12.8 Å². The maximum Gasteiger partial charge on any atom is 0.401 e. The van der Waals surface area contributed by atoms with Crippen LogP contribution in [0, 0.1) is 0 Å². The highest BCUT2D eigenvalue weighted by Gasteiger charge is 2.39. The van der Waals surface area contributed by atoms with E-state index < -0.39 is 18.3 Å². The van der Waals surface area contributed by atoms with Gasteiger partial charge in [-0.3, -0.25) is 4.90 Å². The number of nitrogens with zero attached hydrogens (tertiary/aromatic N) is 1. The molecule has 0 aromatic rings. The van der Waals surface area contributed by atoms with E-state index in [9.17, 15) is 13.2 Å². The Balaban J connectivity index is 2.41. The third kappa shape index (κ3) is 3.43. The first-order chi connectivity index (χ1) is 6.35. The lowest BCUT2D eigenvalue weighted by Gasteiger charge is -2.24. The van der Waals surface area contributed by atoms with Crippen molar-refractivity contribution in [2.24, 2.45) is 5.73 Å². The molecule has 1 aliphatic heterocycles. The average Bonchev–Trinajstić information content (AvgIpc) is 2.29. The minimum atomic E-state index is -4.16. The summed E-state index contributed by atoms with van der Waals surface area (Å²) in [4.78, 5) is 1.29. The Morgan fingerprint density at radius 1 is 1.43 bits per heavy atom. The van der Waals surface area contributed by atoms with Crippen molar-refractivity contribution in [3.8, 4) is 0 Å². The van der Waals surface area contributed by atoms with Crippen LogP contribution in [-0.4, -0.2) is 48.0 Å². The molecule has 0 radical (unpaired) electrons. The van der Waals surface area contributed by atoms with Crippen molar-refractivity contribution in [1.29, 1.82) is 0 Å². The Kier molecular flexibility index (Phi) is 3.39. The molecule has 1 atom stereocenters. The summed E-state index contributed by atoms with van der Waals surface area (Å²) in [5.74, 6) is 0. The molecule has 0 amide bonds. The molecule has 0 saturated carbocycles. The molecular weight excluding hydrogens is 197 g/mol. The first-order valence-electron chi connectivity index (χ1n) is 4.53. The number of aliphatic hydroxyl groups excluding tert-OH is 1. The molecule has 0 aromatic carbocycles. The van der Waals surface area contributed by atoms with E-state index in [4.69, 9.17) is 10.8 Å². The molecule has 1 heterocycles. The summed E-state index contributed by atoms with van der Waals surface area (Å²) in [5, 5.41) is 8.69. The van der Waals surface area contributed by atoms with Gasteiger partial charge in [0, 0.05) is 25.2 Å². The van der Waals surface area contributed by atoms with Gasteiger partial charge >= 0.3 is 6.18 Å². The molecule has 14 heavy (non-hydrogen) atoms. The quantitative estimate of drug-likeness (QED) is 0.709. The number of likely N-dealkylation sites (tertiary alicyclic amines) is 1. The maximum absolute atomic E-state index is 12.0. The zero-order valence-electron chi connectivity index (χ0n) is 7.85. The normalized spacial score (nSPS) is 29.8. The second kappa shape index (κ2) is 4.04. The molecule has 1 saturated heterocycles. The highest BCUT2D eigenvalue weighted by Crippen LogP contribution is 2.25. The molecule has 1 fully saturated rings. The van der Waals surface area contributed by atoms with Crippen LogP contribution in [-0.2, 0) is 0 Å². The Hall–Kier alpha value is -0.330. The van der Waals surface area contributed by atoms with Gasteiger partial charge in [0.2, 0.25) is 0 Å². The van der Waals surface area contributed by atoms with Crippen LogP contribution >= 0.6 is 0 Å². The van der Waals surface area contributed by atoms with Crippen molar-refractivity contribution in [1.82, 2.24) is 4.90 Å². The third-order valence-corrected chi connectivity index (χ3v) is 2.48. The van der Waals surface area contributed by atoms with E-state index in [1.807, 2.05) is 0 Å². The Morgan fingerprint density at radius 2 is 2.07 bits per heavy atom. The van der Waals surface area contributed by atoms with Crippen LogP contribution in [0.2, 0.25) is 0 Å². The highest BCUT2D eigenvalue weighted by atomic mass is 19.4. The van der Waals surface area contributed by atoms with Crippen LogP contribution in [0.5, 0.6) is 0 Å². The lowest BCUT2D eigenvalue weighted by molar-refractivity contribution is -0.143. The number of rotatable bonds is 3. The molecule has 3 nitrogen and oxygen atoms in total. The molecule has 1 rings (SSSR count). The first kappa shape index (κ1) is 11.7. The van der Waals surface area contributed by atoms with Crippen molar-refractivity contribution < 1.29 is 18.3 Å². The van der Waals surface area contributed by atoms with Gasteiger partial charge in [-0.2, -0.15) is 13.2 Å². The molecule has 6 heteroatoms. The minimum absolute atomic E-state index is 0.0731. The van der Waals surface area contributed by atoms with Gasteiger partial charge in [0.15, 0.2) is 0 Å². The summed E-state index contributed by atoms with van der Waals surface area (Å²) in [6.07, 6.45) is -3.28. The van der Waals surface area contributed by atoms with Gasteiger partial charge in [0.25, 0.3) is 0 Å². The number of halogens is 3. The van der Waals surface area contributed by atoms with Crippen LogP contribution in [0.15, 0.2) is 0 Å². The first-order valence-corrected chi connectivity index (χ1v) is 4.53. The smallest absolute Gasteiger partial charge is 0.396 e. The second-order valence-electron chi connectivity index (χ2n) is 3.91. The fourth-order valence-corrected chi connectivity index (χ4v) is 1.80. The SMILES string of the molecule is NC1(CCO)CCN(CC(F)(F)F)C1. The van der Waals surface area contributed by atoms with Crippen molar-refractivity contribution >= 4 is 0 Å². The predicted octanol–water partition coefficient (Wildman–Crippen LogP) is 0.334. The van der Waals surface area contributed by atoms with Gasteiger partial charge in [-0.1, -0.05) is 0 Å². The van der Waals surface area contributed by atoms with Crippen molar-refractivity contribution in [3.05, 3.63) is 0 Å². The third-order valence-electron chi connectivity index (χ3n) is 2.48. The number of aliphatic hydroxyl groups is 1. The molecule has 0 spiro atoms. The topological polar surface area (TPSA) is 49.5 Å². The predicted molar refractivity (Wildman–Crippen MR) is 45.7 cm³/mol. The number of hydrogen-bond donors (Lipinski definition) is 2. The lowest BCUT2D eigenvalue weighted by Crippen LogP contribution is -2.44. The van der Waals surface area contributed by atoms with Crippen molar-refractivity contribution in [2.75, 3.05) is 26.2 Å². The Labute approximate surface area is 80.7 Å². The maximum atomic E-state index is 12.0. The summed E-state index contributed by atoms with van der Waals surface area (Å²) in [5.41, 5.74) is 5.17. The van der Waals surface area contributed by atoms with Crippen LogP contribution in [0.4, 0.5) is 13.2 Å². The van der Waals surface area contributed by atoms with E-state index in [0.717, 1.165) is 0 Å². The van der Waals surface area contributed by atoms with E-state index in [1.54, 1.807) is 0 Å². The molecule has 1 unspecified atom stereocenters. The summed E-state index contributed by atoms with van der Waals surface area (Å²) >= 11 is 0. The van der Waals surface area contributed by atoms with E-state index in [0.29, 0.717) is 19.4 Å². The monoisotopic (exact) mass is 212 g/mol. The van der Waals surface area contributed by atoms with Crippen molar-refractivity contribution in [2.45, 2.75) is 24.6 Å². The molecule has 84 valence electrons. The minimum Gasteiger partial charge on any atom is -0.396 e. The summed E-state index contributed by atoms with van der Waals surface area (Å²) in [7, 11) is 0. The van der Waals surface area contributed by atoms with Gasteiger partial charge in [-0.25, -0.2) is 0 Å². The highest BCUT2D eigenvalue weighted by molar-refractivity contribution is 4.94. The van der Waals surface area contributed by atoms with E-state index in [2.05, 4.69) is 0 Å². The molecule has 0 aromatic heterocycles. The molecular formula is C8H15F3N2O. The van der Waals surface area contributed by atoms with Crippen LogP contribution in [0.1, 0.15) is 12.8 Å². The number of alkyl halides is 3. The zero-order chi connectivity index (χ0) is 10.8. The van der Waals surface area contributed by atoms with Crippen LogP contribution in [0.3, 0.4) is 0 Å². The summed E-state index contributed by atoms with van der Waals surface area (Å²) in [6.45, 7) is -0.406. The number of hydrogen-bond acceptors (Lipinski definition) is 3. The summed E-state index contributed by atoms with van der Waals surface area (Å²) < 4.78 is 36.0.